The monoisotopic (exact) mass is 511 g/mol. The van der Waals surface area contributed by atoms with Crippen molar-refractivity contribution in [3.8, 4) is 5.75 Å². The third-order valence-corrected chi connectivity index (χ3v) is 6.76. The van der Waals surface area contributed by atoms with E-state index in [1.165, 1.54) is 11.6 Å². The van der Waals surface area contributed by atoms with Gasteiger partial charge in [0.1, 0.15) is 5.75 Å². The van der Waals surface area contributed by atoms with E-state index in [1.54, 1.807) is 17.4 Å². The van der Waals surface area contributed by atoms with Crippen LogP contribution in [0.15, 0.2) is 59.3 Å². The highest BCUT2D eigenvalue weighted by Crippen LogP contribution is 2.36. The molecule has 0 bridgehead atoms. The number of aliphatic hydroxyl groups excluding tert-OH is 1. The van der Waals surface area contributed by atoms with Crippen molar-refractivity contribution in [2.75, 3.05) is 26.3 Å². The molecule has 3 rings (SSSR count). The molecule has 1 aromatic heterocycles. The highest BCUT2D eigenvalue weighted by Gasteiger charge is 2.34. The van der Waals surface area contributed by atoms with Crippen molar-refractivity contribution in [1.29, 1.82) is 0 Å². The normalized spacial score (nSPS) is 12.8. The molecule has 184 valence electrons. The summed E-state index contributed by atoms with van der Waals surface area (Å²) in [5, 5.41) is 13.0. The minimum atomic E-state index is -4.49. The van der Waals surface area contributed by atoms with Gasteiger partial charge in [-0.1, -0.05) is 42.8 Å². The zero-order valence-corrected chi connectivity index (χ0v) is 20.6. The fourth-order valence-electron chi connectivity index (χ4n) is 3.84. The molecule has 0 aliphatic rings. The molecule has 8 heteroatoms. The molecule has 1 heterocycles. The fourth-order valence-corrected chi connectivity index (χ4v) is 4.92. The Bertz CT molecular complexity index is 1030. The molecule has 1 unspecified atom stereocenters. The fraction of sp³-hybridized carbons (Fsp3) is 0.385. The molecule has 0 fully saturated rings. The number of halogens is 4. The van der Waals surface area contributed by atoms with Gasteiger partial charge in [-0.15, -0.1) is 0 Å². The third-order valence-electron chi connectivity index (χ3n) is 5.61. The van der Waals surface area contributed by atoms with Gasteiger partial charge < -0.3 is 9.84 Å². The second-order valence-corrected chi connectivity index (χ2v) is 9.45. The van der Waals surface area contributed by atoms with Crippen molar-refractivity contribution in [3.05, 3.63) is 86.6 Å². The van der Waals surface area contributed by atoms with Crippen LogP contribution in [0.2, 0.25) is 5.02 Å². The molecule has 3 aromatic rings. The van der Waals surface area contributed by atoms with Crippen LogP contribution in [-0.4, -0.2) is 36.3 Å². The average molecular weight is 512 g/mol. The van der Waals surface area contributed by atoms with Gasteiger partial charge in [-0.3, -0.25) is 4.90 Å². The molecule has 0 aliphatic heterocycles. The Labute approximate surface area is 207 Å². The first-order valence-electron chi connectivity index (χ1n) is 11.2. The lowest BCUT2D eigenvalue weighted by Gasteiger charge is -2.26. The molecule has 3 nitrogen and oxygen atoms in total. The molecular formula is C26H29ClF3NO2S. The van der Waals surface area contributed by atoms with E-state index in [9.17, 15) is 13.2 Å². The SMILES string of the molecule is CC(CN(CCCOc1cccc(CCO)c1)Cc1cccc(C(F)(F)F)c1Cl)c1ccsc1. The maximum absolute atomic E-state index is 13.3. The van der Waals surface area contributed by atoms with Crippen molar-refractivity contribution in [1.82, 2.24) is 4.90 Å². The number of ether oxygens (including phenoxy) is 1. The second-order valence-electron chi connectivity index (χ2n) is 8.29. The molecule has 34 heavy (non-hydrogen) atoms. The zero-order chi connectivity index (χ0) is 24.6. The molecule has 0 saturated carbocycles. The Balaban J connectivity index is 1.66. The van der Waals surface area contributed by atoms with Crippen molar-refractivity contribution in [2.24, 2.45) is 0 Å². The molecule has 0 spiro atoms. The standard InChI is InChI=1S/C26H29ClF3NO2S/c1-19(22-10-14-34-18-22)16-31(17-21-6-3-8-24(25(21)27)26(28,29)30)11-4-13-33-23-7-2-5-20(15-23)9-12-32/h2-3,5-8,10,14-15,18-19,32H,4,9,11-13,16-17H2,1H3. The van der Waals surface area contributed by atoms with Crippen molar-refractivity contribution in [3.63, 3.8) is 0 Å². The van der Waals surface area contributed by atoms with E-state index in [2.05, 4.69) is 23.3 Å². The Morgan fingerprint density at radius 2 is 1.94 bits per heavy atom. The minimum absolute atomic E-state index is 0.0822. The summed E-state index contributed by atoms with van der Waals surface area (Å²) in [4.78, 5) is 2.13. The Morgan fingerprint density at radius 3 is 2.65 bits per heavy atom. The Hall–Kier alpha value is -2.06. The van der Waals surface area contributed by atoms with Gasteiger partial charge in [0.25, 0.3) is 0 Å². The number of thiophene rings is 1. The lowest BCUT2D eigenvalue weighted by molar-refractivity contribution is -0.137. The van der Waals surface area contributed by atoms with E-state index in [0.29, 0.717) is 44.6 Å². The number of nitrogens with zero attached hydrogens (tertiary/aromatic N) is 1. The number of rotatable bonds is 12. The molecule has 2 aromatic carbocycles. The van der Waals surface area contributed by atoms with E-state index in [4.69, 9.17) is 21.4 Å². The Kier molecular flexibility index (Phi) is 9.83. The van der Waals surface area contributed by atoms with Crippen molar-refractivity contribution < 1.29 is 23.0 Å². The average Bonchev–Trinajstić information content (AvgIpc) is 3.33. The van der Waals surface area contributed by atoms with Gasteiger partial charge in [0.15, 0.2) is 0 Å². The van der Waals surface area contributed by atoms with Gasteiger partial charge >= 0.3 is 6.18 Å². The van der Waals surface area contributed by atoms with E-state index in [-0.39, 0.29) is 17.5 Å². The maximum Gasteiger partial charge on any atom is 0.417 e. The summed E-state index contributed by atoms with van der Waals surface area (Å²) in [5.74, 6) is 0.969. The summed E-state index contributed by atoms with van der Waals surface area (Å²) in [6, 6.07) is 13.8. The van der Waals surface area contributed by atoms with Crippen LogP contribution in [0.3, 0.4) is 0 Å². The smallest absolute Gasteiger partial charge is 0.417 e. The Morgan fingerprint density at radius 1 is 1.15 bits per heavy atom. The van der Waals surface area contributed by atoms with Crippen LogP contribution < -0.4 is 4.74 Å². The first kappa shape index (κ1) is 26.5. The summed E-state index contributed by atoms with van der Waals surface area (Å²) >= 11 is 7.80. The molecule has 1 atom stereocenters. The second kappa shape index (κ2) is 12.6. The van der Waals surface area contributed by atoms with Crippen LogP contribution >= 0.6 is 22.9 Å². The lowest BCUT2D eigenvalue weighted by atomic mass is 10.0. The highest BCUT2D eigenvalue weighted by molar-refractivity contribution is 7.07. The maximum atomic E-state index is 13.3. The summed E-state index contributed by atoms with van der Waals surface area (Å²) < 4.78 is 45.8. The largest absolute Gasteiger partial charge is 0.494 e. The van der Waals surface area contributed by atoms with Crippen molar-refractivity contribution >= 4 is 22.9 Å². The summed E-state index contributed by atoms with van der Waals surface area (Å²) in [6.45, 7) is 4.34. The van der Waals surface area contributed by atoms with Crippen LogP contribution in [0, 0.1) is 0 Å². The van der Waals surface area contributed by atoms with Crippen LogP contribution in [0.25, 0.3) is 0 Å². The summed E-state index contributed by atoms with van der Waals surface area (Å²) in [6.07, 6.45) is -3.21. The highest BCUT2D eigenvalue weighted by atomic mass is 35.5. The number of hydrogen-bond acceptors (Lipinski definition) is 4. The molecular weight excluding hydrogens is 483 g/mol. The van der Waals surface area contributed by atoms with Crippen LogP contribution in [0.4, 0.5) is 13.2 Å². The summed E-state index contributed by atoms with van der Waals surface area (Å²) in [5.41, 5.74) is 1.88. The topological polar surface area (TPSA) is 32.7 Å². The number of benzene rings is 2. The molecule has 1 N–H and O–H groups in total. The van der Waals surface area contributed by atoms with Gasteiger partial charge in [-0.05, 0) is 70.5 Å². The summed E-state index contributed by atoms with van der Waals surface area (Å²) in [7, 11) is 0. The first-order chi connectivity index (χ1) is 16.3. The zero-order valence-electron chi connectivity index (χ0n) is 19.0. The van der Waals surface area contributed by atoms with E-state index in [1.807, 2.05) is 29.6 Å². The van der Waals surface area contributed by atoms with Crippen LogP contribution in [0.5, 0.6) is 5.75 Å². The molecule has 0 saturated heterocycles. The third kappa shape index (κ3) is 7.73. The number of aliphatic hydroxyl groups is 1. The lowest BCUT2D eigenvalue weighted by Crippen LogP contribution is -2.29. The number of alkyl halides is 3. The quantitative estimate of drug-likeness (QED) is 0.265. The number of hydrogen-bond donors (Lipinski definition) is 1. The predicted octanol–water partition coefficient (Wildman–Crippen LogP) is 7.03. The van der Waals surface area contributed by atoms with E-state index >= 15 is 0 Å². The van der Waals surface area contributed by atoms with E-state index in [0.717, 1.165) is 17.4 Å². The van der Waals surface area contributed by atoms with Crippen LogP contribution in [0.1, 0.15) is 41.5 Å². The minimum Gasteiger partial charge on any atom is -0.494 e. The molecule has 0 radical (unpaired) electrons. The van der Waals surface area contributed by atoms with Crippen LogP contribution in [-0.2, 0) is 19.1 Å². The van der Waals surface area contributed by atoms with Gasteiger partial charge in [0, 0.05) is 26.2 Å². The van der Waals surface area contributed by atoms with Gasteiger partial charge in [-0.25, -0.2) is 0 Å². The molecule has 0 amide bonds. The molecule has 0 aliphatic carbocycles. The predicted molar refractivity (Wildman–Crippen MR) is 132 cm³/mol. The first-order valence-corrected chi connectivity index (χ1v) is 12.5. The van der Waals surface area contributed by atoms with Gasteiger partial charge in [0.05, 0.1) is 17.2 Å². The van der Waals surface area contributed by atoms with Gasteiger partial charge in [0.2, 0.25) is 0 Å². The van der Waals surface area contributed by atoms with E-state index < -0.39 is 11.7 Å². The van der Waals surface area contributed by atoms with Crippen molar-refractivity contribution in [2.45, 2.75) is 38.4 Å². The van der Waals surface area contributed by atoms with Gasteiger partial charge in [-0.2, -0.15) is 24.5 Å².